The van der Waals surface area contributed by atoms with Crippen molar-refractivity contribution in [2.45, 2.75) is 0 Å². The summed E-state index contributed by atoms with van der Waals surface area (Å²) >= 11 is 0. The smallest absolute Gasteiger partial charge is 0 e. The molecule has 0 saturated carbocycles. The van der Waals surface area contributed by atoms with Crippen molar-refractivity contribution < 1.29 is 41.8 Å². The Morgan fingerprint density at radius 3 is 1.11 bits per heavy atom. The van der Waals surface area contributed by atoms with E-state index in [9.17, 15) is 0 Å². The standard InChI is InChI=1S/Ca.Fe.Mg.H3O4P.H2O.4H/c;;;1-5(2,3)4;;;;;/h;;;(H3,1,2,3,4);1H2;;;;. The van der Waals surface area contributed by atoms with Crippen LogP contribution in [0.1, 0.15) is 0 Å². The van der Waals surface area contributed by atoms with Crippen LogP contribution in [-0.2, 0) is 21.6 Å². The Morgan fingerprint density at radius 1 is 1.11 bits per heavy atom. The van der Waals surface area contributed by atoms with Crippen molar-refractivity contribution in [3.05, 3.63) is 0 Å². The molecule has 0 atom stereocenters. The molecule has 0 aromatic rings. The molecule has 9 heavy (non-hydrogen) atoms. The van der Waals surface area contributed by atoms with Crippen LogP contribution >= 0.6 is 7.82 Å². The zero-order valence-corrected chi connectivity index (χ0v) is 5.05. The van der Waals surface area contributed by atoms with Gasteiger partial charge >= 0.3 is 68.6 Å². The second kappa shape index (κ2) is 13.2. The average Bonchev–Trinajstić information content (AvgIpc) is 0.722. The number of hydrogen-bond donors (Lipinski definition) is 3. The third-order valence-corrected chi connectivity index (χ3v) is 0. The van der Waals surface area contributed by atoms with E-state index in [-0.39, 0.29) is 83.3 Å². The van der Waals surface area contributed by atoms with E-state index >= 15 is 0 Å². The summed E-state index contributed by atoms with van der Waals surface area (Å²) in [4.78, 5) is 21.6. The van der Waals surface area contributed by atoms with Crippen molar-refractivity contribution >= 4 is 68.6 Å². The Bertz CT molecular complexity index is 63.1. The molecular weight excluding hydrogens is 231 g/mol. The molecule has 0 aliphatic carbocycles. The summed E-state index contributed by atoms with van der Waals surface area (Å²) in [7, 11) is -4.64. The van der Waals surface area contributed by atoms with Gasteiger partial charge < -0.3 is 20.2 Å². The Labute approximate surface area is 109 Å². The van der Waals surface area contributed by atoms with E-state index in [0.29, 0.717) is 0 Å². The molecule has 0 heterocycles. The van der Waals surface area contributed by atoms with Crippen molar-refractivity contribution in [2.75, 3.05) is 0 Å². The molecule has 5 N–H and O–H groups in total. The molecule has 0 fully saturated rings. The van der Waals surface area contributed by atoms with Crippen LogP contribution in [0, 0.1) is 0 Å². The first-order valence-corrected chi connectivity index (χ1v) is 2.35. The zero-order chi connectivity index (χ0) is 4.50. The summed E-state index contributed by atoms with van der Waals surface area (Å²) in [6.45, 7) is 0. The van der Waals surface area contributed by atoms with E-state index in [1.807, 2.05) is 0 Å². The largest absolute Gasteiger partial charge is 0.316 e. The number of hydrogen-bond acceptors (Lipinski definition) is 1. The van der Waals surface area contributed by atoms with Crippen molar-refractivity contribution in [3.8, 4) is 0 Å². The molecule has 0 unspecified atom stereocenters. The van der Waals surface area contributed by atoms with Gasteiger partial charge in [-0.3, -0.25) is 0 Å². The molecule has 9 heteroatoms. The van der Waals surface area contributed by atoms with Gasteiger partial charge in [0, 0.05) is 17.1 Å². The van der Waals surface area contributed by atoms with Crippen LogP contribution in [0.15, 0.2) is 0 Å². The Kier molecular flexibility index (Phi) is 43.9. The van der Waals surface area contributed by atoms with Crippen molar-refractivity contribution in [1.82, 2.24) is 0 Å². The van der Waals surface area contributed by atoms with Crippen LogP contribution in [-0.4, -0.2) is 80.9 Å². The monoisotopic (exact) mass is 240 g/mol. The van der Waals surface area contributed by atoms with Gasteiger partial charge in [0.05, 0.1) is 0 Å². The number of rotatable bonds is 0. The van der Waals surface area contributed by atoms with E-state index in [2.05, 4.69) is 0 Å². The topological polar surface area (TPSA) is 109 Å². The van der Waals surface area contributed by atoms with Gasteiger partial charge in [0.1, 0.15) is 0 Å². The molecule has 0 amide bonds. The molecule has 0 spiro atoms. The maximum absolute atomic E-state index is 8.88. The molecular formula is H9CaFeMgO5P. The summed E-state index contributed by atoms with van der Waals surface area (Å²) in [5, 5.41) is 0. The fourth-order valence-electron chi connectivity index (χ4n) is 0. The maximum Gasteiger partial charge on any atom is 0.316 e. The van der Waals surface area contributed by atoms with Gasteiger partial charge in [-0.2, -0.15) is 0 Å². The minimum atomic E-state index is -4.64. The van der Waals surface area contributed by atoms with E-state index in [1.165, 1.54) is 0 Å². The first-order valence-electron chi connectivity index (χ1n) is 0.783. The summed E-state index contributed by atoms with van der Waals surface area (Å²) in [6.07, 6.45) is 0. The van der Waals surface area contributed by atoms with Gasteiger partial charge in [0.25, 0.3) is 0 Å². The minimum Gasteiger partial charge on any atom is 0 e. The molecule has 56 valence electrons. The summed E-state index contributed by atoms with van der Waals surface area (Å²) in [5.74, 6) is 0. The van der Waals surface area contributed by atoms with Crippen LogP contribution in [0.2, 0.25) is 0 Å². The van der Waals surface area contributed by atoms with E-state index in [0.717, 1.165) is 0 Å². The van der Waals surface area contributed by atoms with E-state index < -0.39 is 7.82 Å². The molecule has 0 aliphatic rings. The summed E-state index contributed by atoms with van der Waals surface area (Å²) in [5.41, 5.74) is 0. The predicted octanol–water partition coefficient (Wildman–Crippen LogP) is -3.59. The summed E-state index contributed by atoms with van der Waals surface area (Å²) < 4.78 is 8.88. The van der Waals surface area contributed by atoms with Crippen LogP contribution in [0.4, 0.5) is 0 Å². The summed E-state index contributed by atoms with van der Waals surface area (Å²) in [6, 6.07) is 0. The predicted molar refractivity (Wildman–Crippen MR) is 35.0 cm³/mol. The van der Waals surface area contributed by atoms with Crippen LogP contribution in [0.3, 0.4) is 0 Å². The third kappa shape index (κ3) is 115. The van der Waals surface area contributed by atoms with E-state index in [1.54, 1.807) is 0 Å². The normalized spacial score (nSPS) is 6.56. The molecule has 0 saturated heterocycles. The van der Waals surface area contributed by atoms with Gasteiger partial charge in [-0.25, -0.2) is 4.57 Å². The minimum absolute atomic E-state index is 0. The molecule has 5 nitrogen and oxygen atoms in total. The Hall–Kier alpha value is 2.62. The van der Waals surface area contributed by atoms with Crippen LogP contribution in [0.25, 0.3) is 0 Å². The van der Waals surface area contributed by atoms with Crippen molar-refractivity contribution in [3.63, 3.8) is 0 Å². The molecule has 0 aliphatic heterocycles. The van der Waals surface area contributed by atoms with Crippen molar-refractivity contribution in [1.29, 1.82) is 0 Å². The first kappa shape index (κ1) is 29.9. The fraction of sp³-hybridized carbons (Fsp3) is 0. The zero-order valence-electron chi connectivity index (χ0n) is 3.05. The molecule has 0 aromatic carbocycles. The van der Waals surface area contributed by atoms with Gasteiger partial charge in [-0.15, -0.1) is 0 Å². The SMILES string of the molecule is O.O=P(O)(O)O.[CaH2].[Fe].[MgH2]. The Balaban J connectivity index is -0.0000000133. The van der Waals surface area contributed by atoms with E-state index in [4.69, 9.17) is 19.2 Å². The Morgan fingerprint density at radius 2 is 1.11 bits per heavy atom. The quantitative estimate of drug-likeness (QED) is 0.300. The first-order chi connectivity index (χ1) is 2.00. The second-order valence-corrected chi connectivity index (χ2v) is 1.54. The molecule has 0 aromatic heterocycles. The fourth-order valence-corrected chi connectivity index (χ4v) is 0. The van der Waals surface area contributed by atoms with Crippen molar-refractivity contribution in [2.24, 2.45) is 0 Å². The van der Waals surface area contributed by atoms with Crippen LogP contribution in [0.5, 0.6) is 0 Å². The van der Waals surface area contributed by atoms with Crippen LogP contribution < -0.4 is 0 Å². The average molecular weight is 240 g/mol. The maximum atomic E-state index is 8.88. The van der Waals surface area contributed by atoms with Gasteiger partial charge in [0.15, 0.2) is 0 Å². The van der Waals surface area contributed by atoms with Gasteiger partial charge in [-0.1, -0.05) is 0 Å². The molecule has 0 rings (SSSR count). The molecule has 0 radical (unpaired) electrons. The van der Waals surface area contributed by atoms with Gasteiger partial charge in [-0.05, 0) is 0 Å². The molecule has 0 bridgehead atoms. The third-order valence-electron chi connectivity index (χ3n) is 0. The second-order valence-electron chi connectivity index (χ2n) is 0.513. The van der Waals surface area contributed by atoms with Gasteiger partial charge in [0.2, 0.25) is 0 Å². The number of phosphoric acid groups is 1.